The number of aromatic hydroxyl groups is 1. The molecule has 0 bridgehead atoms. The zero-order chi connectivity index (χ0) is 11.5. The molecule has 2 aromatic carbocycles. The van der Waals surface area contributed by atoms with Crippen molar-refractivity contribution in [3.63, 3.8) is 0 Å². The molecule has 3 nitrogen and oxygen atoms in total. The molecule has 2 aromatic rings. The summed E-state index contributed by atoms with van der Waals surface area (Å²) < 4.78 is 0. The van der Waals surface area contributed by atoms with Gasteiger partial charge >= 0.3 is 5.97 Å². The molecule has 0 aliphatic carbocycles. The standard InChI is InChI=1S/C13H10O3.Ac/c14-12-7-6-10(13(15)16)8-11(12)9-4-2-1-3-5-9;/h1-8,14H,(H,15,16);. The van der Waals surface area contributed by atoms with Crippen LogP contribution in [0.5, 0.6) is 5.75 Å². The van der Waals surface area contributed by atoms with Crippen LogP contribution < -0.4 is 0 Å². The van der Waals surface area contributed by atoms with Gasteiger partial charge in [0, 0.05) is 49.6 Å². The molecule has 0 aliphatic rings. The number of aromatic carboxylic acids is 1. The molecule has 2 N–H and O–H groups in total. The predicted octanol–water partition coefficient (Wildman–Crippen LogP) is 2.76. The third-order valence-electron chi connectivity index (χ3n) is 2.33. The van der Waals surface area contributed by atoms with E-state index < -0.39 is 5.97 Å². The Bertz CT molecular complexity index is 523. The first kappa shape index (κ1) is 14.2. The molecule has 0 aliphatic heterocycles. The van der Waals surface area contributed by atoms with Gasteiger partial charge < -0.3 is 10.2 Å². The maximum Gasteiger partial charge on any atom is 0.335 e. The topological polar surface area (TPSA) is 57.5 Å². The Kier molecular flexibility index (Phi) is 5.17. The predicted molar refractivity (Wildman–Crippen MR) is 60.5 cm³/mol. The number of hydrogen-bond acceptors (Lipinski definition) is 2. The molecule has 0 amide bonds. The Labute approximate surface area is 135 Å². The van der Waals surface area contributed by atoms with Gasteiger partial charge in [-0.2, -0.15) is 0 Å². The normalized spacial score (nSPS) is 9.41. The van der Waals surface area contributed by atoms with E-state index in [1.54, 1.807) is 0 Å². The van der Waals surface area contributed by atoms with Crippen LogP contribution in [0.1, 0.15) is 10.4 Å². The molecule has 83 valence electrons. The Balaban J connectivity index is 0.00000144. The fourth-order valence-corrected chi connectivity index (χ4v) is 1.52. The SMILES string of the molecule is O=C(O)c1ccc(O)c(-c2ccccc2)c1.[Ac]. The number of carbonyl (C=O) groups is 1. The summed E-state index contributed by atoms with van der Waals surface area (Å²) in [4.78, 5) is 10.8. The Hall–Kier alpha value is -0.848. The summed E-state index contributed by atoms with van der Waals surface area (Å²) in [6.45, 7) is 0. The Morgan fingerprint density at radius 1 is 1.00 bits per heavy atom. The molecule has 0 saturated heterocycles. The number of phenols is 1. The summed E-state index contributed by atoms with van der Waals surface area (Å²) >= 11 is 0. The third kappa shape index (κ3) is 3.31. The van der Waals surface area contributed by atoms with Gasteiger partial charge in [-0.3, -0.25) is 0 Å². The van der Waals surface area contributed by atoms with E-state index in [1.807, 2.05) is 30.3 Å². The second-order valence-electron chi connectivity index (χ2n) is 3.40. The van der Waals surface area contributed by atoms with Crippen LogP contribution in [0.3, 0.4) is 0 Å². The van der Waals surface area contributed by atoms with Crippen LogP contribution in [0, 0.1) is 44.1 Å². The average Bonchev–Trinajstić information content (AvgIpc) is 2.30. The van der Waals surface area contributed by atoms with Gasteiger partial charge in [0.05, 0.1) is 5.56 Å². The van der Waals surface area contributed by atoms with E-state index in [0.29, 0.717) is 5.56 Å². The monoisotopic (exact) mass is 441 g/mol. The summed E-state index contributed by atoms with van der Waals surface area (Å²) in [7, 11) is 0. The maximum absolute atomic E-state index is 10.8. The molecule has 1 radical (unpaired) electrons. The van der Waals surface area contributed by atoms with Gasteiger partial charge in [-0.25, -0.2) is 4.79 Å². The molecule has 0 fully saturated rings. The molecule has 0 unspecified atom stereocenters. The van der Waals surface area contributed by atoms with Crippen LogP contribution in [0.4, 0.5) is 0 Å². The van der Waals surface area contributed by atoms with Crippen molar-refractivity contribution in [2.75, 3.05) is 0 Å². The quantitative estimate of drug-likeness (QED) is 0.754. The third-order valence-corrected chi connectivity index (χ3v) is 2.33. The van der Waals surface area contributed by atoms with Crippen LogP contribution in [-0.2, 0) is 0 Å². The van der Waals surface area contributed by atoms with Crippen LogP contribution in [0.2, 0.25) is 0 Å². The van der Waals surface area contributed by atoms with Crippen LogP contribution in [-0.4, -0.2) is 16.2 Å². The molecule has 2 rings (SSSR count). The number of hydrogen-bond donors (Lipinski definition) is 2. The van der Waals surface area contributed by atoms with E-state index in [-0.39, 0.29) is 55.4 Å². The molecular formula is C13H10AcO3. The molecule has 0 heterocycles. The summed E-state index contributed by atoms with van der Waals surface area (Å²) in [5.74, 6) is -0.923. The van der Waals surface area contributed by atoms with E-state index in [9.17, 15) is 9.90 Å². The summed E-state index contributed by atoms with van der Waals surface area (Å²) in [6.07, 6.45) is 0. The Morgan fingerprint density at radius 2 is 1.65 bits per heavy atom. The number of rotatable bonds is 2. The van der Waals surface area contributed by atoms with Gasteiger partial charge in [-0.05, 0) is 23.8 Å². The summed E-state index contributed by atoms with van der Waals surface area (Å²) in [5.41, 5.74) is 1.49. The van der Waals surface area contributed by atoms with E-state index >= 15 is 0 Å². The smallest absolute Gasteiger partial charge is 0.335 e. The number of benzene rings is 2. The minimum atomic E-state index is -1.00. The minimum absolute atomic E-state index is 0. The van der Waals surface area contributed by atoms with Gasteiger partial charge in [-0.15, -0.1) is 0 Å². The zero-order valence-electron chi connectivity index (χ0n) is 9.00. The molecule has 0 aromatic heterocycles. The van der Waals surface area contributed by atoms with Gasteiger partial charge in [0.2, 0.25) is 0 Å². The largest absolute Gasteiger partial charge is 0.507 e. The summed E-state index contributed by atoms with van der Waals surface area (Å²) in [5, 5.41) is 18.5. The maximum atomic E-state index is 10.8. The van der Waals surface area contributed by atoms with Gasteiger partial charge in [0.15, 0.2) is 0 Å². The first-order chi connectivity index (χ1) is 7.68. The number of carboxylic acids is 1. The van der Waals surface area contributed by atoms with Crippen molar-refractivity contribution in [1.29, 1.82) is 0 Å². The fourth-order valence-electron chi connectivity index (χ4n) is 1.52. The van der Waals surface area contributed by atoms with E-state index in [0.717, 1.165) is 5.56 Å². The first-order valence-corrected chi connectivity index (χ1v) is 4.80. The Morgan fingerprint density at radius 3 is 2.24 bits per heavy atom. The van der Waals surface area contributed by atoms with Crippen molar-refractivity contribution in [3.8, 4) is 16.9 Å². The van der Waals surface area contributed by atoms with Crippen molar-refractivity contribution in [2.45, 2.75) is 0 Å². The van der Waals surface area contributed by atoms with Gasteiger partial charge in [-0.1, -0.05) is 30.3 Å². The van der Waals surface area contributed by atoms with Gasteiger partial charge in [0.1, 0.15) is 5.75 Å². The molecule has 0 atom stereocenters. The van der Waals surface area contributed by atoms with Crippen molar-refractivity contribution >= 4 is 5.97 Å². The van der Waals surface area contributed by atoms with Crippen molar-refractivity contribution < 1.29 is 59.1 Å². The van der Waals surface area contributed by atoms with Crippen molar-refractivity contribution in [2.24, 2.45) is 0 Å². The van der Waals surface area contributed by atoms with Gasteiger partial charge in [0.25, 0.3) is 0 Å². The second-order valence-corrected chi connectivity index (χ2v) is 3.40. The first-order valence-electron chi connectivity index (χ1n) is 4.80. The molecule has 4 heteroatoms. The van der Waals surface area contributed by atoms with E-state index in [4.69, 9.17) is 5.11 Å². The average molecular weight is 441 g/mol. The van der Waals surface area contributed by atoms with Crippen molar-refractivity contribution in [1.82, 2.24) is 0 Å². The van der Waals surface area contributed by atoms with Crippen LogP contribution in [0.25, 0.3) is 11.1 Å². The minimum Gasteiger partial charge on any atom is -0.507 e. The molecule has 0 spiro atoms. The fraction of sp³-hybridized carbons (Fsp3) is 0. The number of carboxylic acid groups (broad SMARTS) is 1. The van der Waals surface area contributed by atoms with E-state index in [1.165, 1.54) is 18.2 Å². The molecule has 17 heavy (non-hydrogen) atoms. The van der Waals surface area contributed by atoms with Crippen LogP contribution in [0.15, 0.2) is 48.5 Å². The zero-order valence-corrected chi connectivity index (χ0v) is 13.7. The summed E-state index contributed by atoms with van der Waals surface area (Å²) in [6, 6.07) is 13.4. The molecule has 0 saturated carbocycles. The van der Waals surface area contributed by atoms with Crippen molar-refractivity contribution in [3.05, 3.63) is 54.1 Å². The number of phenolic OH excluding ortho intramolecular Hbond substituents is 1. The van der Waals surface area contributed by atoms with Crippen LogP contribution >= 0.6 is 0 Å². The second kappa shape index (κ2) is 6.18. The van der Waals surface area contributed by atoms with E-state index in [2.05, 4.69) is 0 Å². The molecular weight excluding hydrogens is 431 g/mol.